The highest BCUT2D eigenvalue weighted by atomic mass is 16.6. The molecule has 1 aromatic rings. The molecular weight excluding hydrogens is 312 g/mol. The Morgan fingerprint density at radius 3 is 1.67 bits per heavy atom. The van der Waals surface area contributed by atoms with E-state index in [1.165, 1.54) is 0 Å². The van der Waals surface area contributed by atoms with Gasteiger partial charge in [0.1, 0.15) is 17.2 Å². The smallest absolute Gasteiger partial charge is 0.126 e. The number of hydrogen-bond donors (Lipinski definition) is 0. The van der Waals surface area contributed by atoms with Crippen LogP contribution < -0.4 is 14.2 Å². The molecule has 6 nitrogen and oxygen atoms in total. The van der Waals surface area contributed by atoms with E-state index in [9.17, 15) is 0 Å². The van der Waals surface area contributed by atoms with E-state index in [1.807, 2.05) is 18.2 Å². The normalized spacial score (nSPS) is 21.4. The summed E-state index contributed by atoms with van der Waals surface area (Å²) in [7, 11) is 1.69. The first kappa shape index (κ1) is 17.3. The Hall–Kier alpha value is -1.50. The van der Waals surface area contributed by atoms with Crippen LogP contribution in [0.2, 0.25) is 0 Å². The van der Waals surface area contributed by atoms with E-state index >= 15 is 0 Å². The lowest BCUT2D eigenvalue weighted by molar-refractivity contribution is 0.171. The van der Waals surface area contributed by atoms with Crippen LogP contribution in [0.3, 0.4) is 0 Å². The third-order valence-electron chi connectivity index (χ3n) is 3.84. The highest BCUT2D eigenvalue weighted by molar-refractivity contribution is 5.42. The molecule has 2 heterocycles. The zero-order valence-electron chi connectivity index (χ0n) is 14.2. The molecule has 0 amide bonds. The average Bonchev–Trinajstić information content (AvgIpc) is 3.46. The molecule has 0 bridgehead atoms. The molecule has 0 aliphatic carbocycles. The van der Waals surface area contributed by atoms with E-state index in [2.05, 4.69) is 0 Å². The van der Waals surface area contributed by atoms with Gasteiger partial charge in [0.2, 0.25) is 0 Å². The van der Waals surface area contributed by atoms with Crippen LogP contribution in [0, 0.1) is 0 Å². The summed E-state index contributed by atoms with van der Waals surface area (Å²) in [5.41, 5.74) is 0. The number of epoxide rings is 2. The van der Waals surface area contributed by atoms with E-state index in [0.717, 1.165) is 49.7 Å². The summed E-state index contributed by atoms with van der Waals surface area (Å²) >= 11 is 0. The Morgan fingerprint density at radius 2 is 1.25 bits per heavy atom. The van der Waals surface area contributed by atoms with E-state index in [1.54, 1.807) is 7.11 Å². The molecule has 1 aromatic carbocycles. The Bertz CT molecular complexity index is 462. The monoisotopic (exact) mass is 338 g/mol. The zero-order valence-corrected chi connectivity index (χ0v) is 14.2. The second kappa shape index (κ2) is 9.11. The quantitative estimate of drug-likeness (QED) is 0.407. The van der Waals surface area contributed by atoms with Gasteiger partial charge in [-0.1, -0.05) is 0 Å². The molecule has 2 unspecified atom stereocenters. The third kappa shape index (κ3) is 6.55. The lowest BCUT2D eigenvalue weighted by Gasteiger charge is -2.13. The van der Waals surface area contributed by atoms with E-state index in [4.69, 9.17) is 28.4 Å². The van der Waals surface area contributed by atoms with Gasteiger partial charge in [-0.25, -0.2) is 0 Å². The Balaban J connectivity index is 1.51. The van der Waals surface area contributed by atoms with Gasteiger partial charge < -0.3 is 28.4 Å². The molecular formula is C18H26O6. The highest BCUT2D eigenvalue weighted by Crippen LogP contribution is 2.29. The maximum absolute atomic E-state index is 5.82. The van der Waals surface area contributed by atoms with Crippen LogP contribution in [0.15, 0.2) is 18.2 Å². The van der Waals surface area contributed by atoms with Gasteiger partial charge in [0, 0.05) is 51.2 Å². The first-order chi connectivity index (χ1) is 11.8. The Kier molecular flexibility index (Phi) is 6.57. The van der Waals surface area contributed by atoms with Crippen molar-refractivity contribution in [2.75, 3.05) is 46.8 Å². The predicted octanol–water partition coefficient (Wildman–Crippen LogP) is 2.44. The highest BCUT2D eigenvalue weighted by Gasteiger charge is 2.22. The summed E-state index contributed by atoms with van der Waals surface area (Å²) in [6.45, 7) is 4.25. The van der Waals surface area contributed by atoms with E-state index in [0.29, 0.717) is 38.6 Å². The summed E-state index contributed by atoms with van der Waals surface area (Å²) < 4.78 is 32.8. The van der Waals surface area contributed by atoms with Gasteiger partial charge in [-0.05, 0) is 0 Å². The van der Waals surface area contributed by atoms with Crippen molar-refractivity contribution in [2.45, 2.75) is 31.5 Å². The van der Waals surface area contributed by atoms with Gasteiger partial charge in [-0.15, -0.1) is 0 Å². The van der Waals surface area contributed by atoms with Gasteiger partial charge >= 0.3 is 0 Å². The fourth-order valence-corrected chi connectivity index (χ4v) is 2.27. The minimum atomic E-state index is 0.368. The number of methoxy groups -OCH3 is 1. The molecule has 0 saturated carbocycles. The van der Waals surface area contributed by atoms with Gasteiger partial charge in [-0.2, -0.15) is 0 Å². The van der Waals surface area contributed by atoms with Crippen LogP contribution in [0.1, 0.15) is 19.3 Å². The molecule has 0 N–H and O–H groups in total. The maximum Gasteiger partial charge on any atom is 0.126 e. The van der Waals surface area contributed by atoms with E-state index < -0.39 is 0 Å². The number of benzene rings is 1. The summed E-state index contributed by atoms with van der Waals surface area (Å²) in [4.78, 5) is 0. The maximum atomic E-state index is 5.82. The number of rotatable bonds is 13. The molecule has 2 saturated heterocycles. The van der Waals surface area contributed by atoms with Crippen LogP contribution >= 0.6 is 0 Å². The SMILES string of the molecule is COCCCOc1cc(OCCC2CO2)cc(OCCC2CO2)c1. The van der Waals surface area contributed by atoms with Crippen molar-refractivity contribution in [3.63, 3.8) is 0 Å². The first-order valence-corrected chi connectivity index (χ1v) is 8.59. The third-order valence-corrected chi connectivity index (χ3v) is 3.84. The van der Waals surface area contributed by atoms with E-state index in [-0.39, 0.29) is 0 Å². The van der Waals surface area contributed by atoms with Crippen molar-refractivity contribution in [3.8, 4) is 17.2 Å². The Morgan fingerprint density at radius 1 is 0.792 bits per heavy atom. The lowest BCUT2D eigenvalue weighted by atomic mass is 10.3. The lowest BCUT2D eigenvalue weighted by Crippen LogP contribution is -2.05. The molecule has 2 aliphatic rings. The second-order valence-corrected chi connectivity index (χ2v) is 6.02. The van der Waals surface area contributed by atoms with Crippen LogP contribution in [-0.4, -0.2) is 59.0 Å². The van der Waals surface area contributed by atoms with Crippen molar-refractivity contribution in [1.29, 1.82) is 0 Å². The average molecular weight is 338 g/mol. The minimum Gasteiger partial charge on any atom is -0.493 e. The van der Waals surface area contributed by atoms with Crippen LogP contribution in [0.25, 0.3) is 0 Å². The molecule has 0 radical (unpaired) electrons. The molecule has 134 valence electrons. The molecule has 2 fully saturated rings. The van der Waals surface area contributed by atoms with Crippen LogP contribution in [-0.2, 0) is 14.2 Å². The molecule has 2 aliphatic heterocycles. The topological polar surface area (TPSA) is 62.0 Å². The summed E-state index contributed by atoms with van der Waals surface area (Å²) in [5, 5.41) is 0. The first-order valence-electron chi connectivity index (χ1n) is 8.59. The van der Waals surface area contributed by atoms with Crippen LogP contribution in [0.4, 0.5) is 0 Å². The molecule has 0 aromatic heterocycles. The summed E-state index contributed by atoms with van der Waals surface area (Å²) in [5.74, 6) is 2.28. The fraction of sp³-hybridized carbons (Fsp3) is 0.667. The largest absolute Gasteiger partial charge is 0.493 e. The fourth-order valence-electron chi connectivity index (χ4n) is 2.27. The summed E-state index contributed by atoms with van der Waals surface area (Å²) in [6.07, 6.45) is 3.40. The molecule has 6 heteroatoms. The minimum absolute atomic E-state index is 0.368. The van der Waals surface area contributed by atoms with Crippen molar-refractivity contribution < 1.29 is 28.4 Å². The second-order valence-electron chi connectivity index (χ2n) is 6.02. The van der Waals surface area contributed by atoms with Crippen LogP contribution in [0.5, 0.6) is 17.2 Å². The van der Waals surface area contributed by atoms with Gasteiger partial charge in [-0.3, -0.25) is 0 Å². The summed E-state index contributed by atoms with van der Waals surface area (Å²) in [6, 6.07) is 5.71. The Labute approximate surface area is 142 Å². The van der Waals surface area contributed by atoms with Gasteiger partial charge in [0.05, 0.1) is 45.2 Å². The van der Waals surface area contributed by atoms with Crippen molar-refractivity contribution in [2.24, 2.45) is 0 Å². The molecule has 3 rings (SSSR count). The molecule has 0 spiro atoms. The standard InChI is InChI=1S/C18H26O6/c1-19-5-2-6-20-16-9-17(21-7-3-14-12-23-14)11-18(10-16)22-8-4-15-13-24-15/h9-11,14-15H,2-8,12-13H2,1H3. The van der Waals surface area contributed by atoms with Crippen molar-refractivity contribution in [1.82, 2.24) is 0 Å². The predicted molar refractivity (Wildman–Crippen MR) is 88.1 cm³/mol. The molecule has 24 heavy (non-hydrogen) atoms. The molecule has 2 atom stereocenters. The van der Waals surface area contributed by atoms with Gasteiger partial charge in [0.25, 0.3) is 0 Å². The van der Waals surface area contributed by atoms with Gasteiger partial charge in [0.15, 0.2) is 0 Å². The zero-order chi connectivity index (χ0) is 16.6. The van der Waals surface area contributed by atoms with Crippen molar-refractivity contribution >= 4 is 0 Å². The van der Waals surface area contributed by atoms with Crippen molar-refractivity contribution in [3.05, 3.63) is 18.2 Å². The number of hydrogen-bond acceptors (Lipinski definition) is 6. The number of ether oxygens (including phenoxy) is 6.